The second-order valence-electron chi connectivity index (χ2n) is 5.52. The van der Waals surface area contributed by atoms with Gasteiger partial charge in [0.15, 0.2) is 0 Å². The molecule has 1 amide bonds. The van der Waals surface area contributed by atoms with Gasteiger partial charge in [-0.1, -0.05) is 39.7 Å². The fourth-order valence-corrected chi connectivity index (χ4v) is 2.50. The Bertz CT molecular complexity index is 341. The molecule has 0 aromatic heterocycles. The van der Waals surface area contributed by atoms with E-state index in [9.17, 15) is 9.59 Å². The Labute approximate surface area is 122 Å². The summed E-state index contributed by atoms with van der Waals surface area (Å²) in [6, 6.07) is 0. The van der Waals surface area contributed by atoms with Crippen molar-refractivity contribution in [1.29, 1.82) is 0 Å². The van der Waals surface area contributed by atoms with Crippen LogP contribution in [0.2, 0.25) is 0 Å². The van der Waals surface area contributed by atoms with E-state index in [1.165, 1.54) is 18.9 Å². The van der Waals surface area contributed by atoms with E-state index in [-0.39, 0.29) is 17.8 Å². The van der Waals surface area contributed by atoms with Crippen LogP contribution in [-0.2, 0) is 14.3 Å². The first kappa shape index (κ1) is 16.7. The van der Waals surface area contributed by atoms with E-state index >= 15 is 0 Å². The molecular formula is C16H27NO3. The van der Waals surface area contributed by atoms with Crippen molar-refractivity contribution in [3.05, 3.63) is 12.7 Å². The average Bonchev–Trinajstić information content (AvgIpc) is 2.96. The highest BCUT2D eigenvalue weighted by Gasteiger charge is 2.31. The summed E-state index contributed by atoms with van der Waals surface area (Å²) in [4.78, 5) is 25.1. The summed E-state index contributed by atoms with van der Waals surface area (Å²) in [6.07, 6.45) is 6.51. The van der Waals surface area contributed by atoms with Crippen LogP contribution in [-0.4, -0.2) is 36.5 Å². The van der Waals surface area contributed by atoms with Gasteiger partial charge in [0.1, 0.15) is 0 Å². The third-order valence-corrected chi connectivity index (χ3v) is 4.01. The van der Waals surface area contributed by atoms with Crippen LogP contribution in [0.4, 0.5) is 0 Å². The normalized spacial score (nSPS) is 19.7. The van der Waals surface area contributed by atoms with E-state index < -0.39 is 0 Å². The van der Waals surface area contributed by atoms with Gasteiger partial charge in [-0.05, 0) is 24.8 Å². The predicted molar refractivity (Wildman–Crippen MR) is 79.1 cm³/mol. The zero-order valence-electron chi connectivity index (χ0n) is 12.8. The second-order valence-corrected chi connectivity index (χ2v) is 5.52. The van der Waals surface area contributed by atoms with Crippen LogP contribution < -0.4 is 0 Å². The standard InChI is InChI=1S/C16H27NO3/c1-4-7-8-13(5-2)12-20-16(19)14-9-10-17(11-14)15(18)6-3/h6,13-14H,3-5,7-12H2,1-2H3. The van der Waals surface area contributed by atoms with Crippen molar-refractivity contribution in [2.24, 2.45) is 11.8 Å². The van der Waals surface area contributed by atoms with Gasteiger partial charge < -0.3 is 9.64 Å². The number of ether oxygens (including phenoxy) is 1. The number of unbranched alkanes of at least 4 members (excludes halogenated alkanes) is 1. The van der Waals surface area contributed by atoms with E-state index in [2.05, 4.69) is 20.4 Å². The summed E-state index contributed by atoms with van der Waals surface area (Å²) in [7, 11) is 0. The van der Waals surface area contributed by atoms with Crippen LogP contribution in [0.5, 0.6) is 0 Å². The molecule has 1 fully saturated rings. The summed E-state index contributed by atoms with van der Waals surface area (Å²) in [6.45, 7) is 9.37. The Morgan fingerprint density at radius 1 is 1.45 bits per heavy atom. The van der Waals surface area contributed by atoms with Crippen molar-refractivity contribution in [1.82, 2.24) is 4.90 Å². The van der Waals surface area contributed by atoms with Gasteiger partial charge in [-0.3, -0.25) is 9.59 Å². The third-order valence-electron chi connectivity index (χ3n) is 4.01. The van der Waals surface area contributed by atoms with Crippen LogP contribution in [0.15, 0.2) is 12.7 Å². The number of carbonyl (C=O) groups excluding carboxylic acids is 2. The second kappa shape index (κ2) is 8.77. The molecule has 1 heterocycles. The Morgan fingerprint density at radius 2 is 2.20 bits per heavy atom. The smallest absolute Gasteiger partial charge is 0.310 e. The highest BCUT2D eigenvalue weighted by atomic mass is 16.5. The molecule has 0 aromatic carbocycles. The van der Waals surface area contributed by atoms with Gasteiger partial charge in [0, 0.05) is 13.1 Å². The lowest BCUT2D eigenvalue weighted by Crippen LogP contribution is -2.29. The van der Waals surface area contributed by atoms with Gasteiger partial charge in [0.05, 0.1) is 12.5 Å². The van der Waals surface area contributed by atoms with Crippen LogP contribution >= 0.6 is 0 Å². The van der Waals surface area contributed by atoms with E-state index in [1.807, 2.05) is 0 Å². The highest BCUT2D eigenvalue weighted by molar-refractivity contribution is 5.88. The minimum absolute atomic E-state index is 0.102. The van der Waals surface area contributed by atoms with Crippen molar-refractivity contribution >= 4 is 11.9 Å². The maximum Gasteiger partial charge on any atom is 0.310 e. The molecule has 4 nitrogen and oxygen atoms in total. The number of nitrogens with zero attached hydrogens (tertiary/aromatic N) is 1. The lowest BCUT2D eigenvalue weighted by Gasteiger charge is -2.17. The average molecular weight is 281 g/mol. The monoisotopic (exact) mass is 281 g/mol. The molecule has 1 saturated heterocycles. The van der Waals surface area contributed by atoms with Crippen molar-refractivity contribution in [3.63, 3.8) is 0 Å². The van der Waals surface area contributed by atoms with Crippen LogP contribution in [0.3, 0.4) is 0 Å². The molecular weight excluding hydrogens is 254 g/mol. The first-order valence-electron chi connectivity index (χ1n) is 7.70. The van der Waals surface area contributed by atoms with E-state index in [1.54, 1.807) is 4.90 Å². The lowest BCUT2D eigenvalue weighted by molar-refractivity contribution is -0.149. The first-order valence-corrected chi connectivity index (χ1v) is 7.70. The van der Waals surface area contributed by atoms with Crippen molar-refractivity contribution in [2.75, 3.05) is 19.7 Å². The number of hydrogen-bond acceptors (Lipinski definition) is 3. The first-order chi connectivity index (χ1) is 9.62. The Kier molecular flexibility index (Phi) is 7.34. The molecule has 1 aliphatic heterocycles. The van der Waals surface area contributed by atoms with Gasteiger partial charge in [-0.2, -0.15) is 0 Å². The predicted octanol–water partition coefficient (Wildman–Crippen LogP) is 2.78. The van der Waals surface area contributed by atoms with Crippen LogP contribution in [0, 0.1) is 11.8 Å². The lowest BCUT2D eigenvalue weighted by atomic mass is 10.0. The fourth-order valence-electron chi connectivity index (χ4n) is 2.50. The molecule has 0 radical (unpaired) electrons. The summed E-state index contributed by atoms with van der Waals surface area (Å²) in [5, 5.41) is 0. The molecule has 0 bridgehead atoms. The van der Waals surface area contributed by atoms with Crippen LogP contribution in [0.25, 0.3) is 0 Å². The van der Waals surface area contributed by atoms with E-state index in [0.717, 1.165) is 12.8 Å². The highest BCUT2D eigenvalue weighted by Crippen LogP contribution is 2.19. The van der Waals surface area contributed by atoms with Crippen LogP contribution in [0.1, 0.15) is 46.0 Å². The number of carbonyl (C=O) groups is 2. The van der Waals surface area contributed by atoms with Crippen molar-refractivity contribution in [3.8, 4) is 0 Å². The molecule has 1 aliphatic rings. The zero-order valence-corrected chi connectivity index (χ0v) is 12.8. The third kappa shape index (κ3) is 4.99. The number of amides is 1. The van der Waals surface area contributed by atoms with E-state index in [4.69, 9.17) is 4.74 Å². The molecule has 0 spiro atoms. The quantitative estimate of drug-likeness (QED) is 0.507. The molecule has 114 valence electrons. The maximum atomic E-state index is 12.0. The summed E-state index contributed by atoms with van der Waals surface area (Å²) in [5.74, 6) is 0.0442. The molecule has 2 atom stereocenters. The van der Waals surface area contributed by atoms with Crippen molar-refractivity contribution < 1.29 is 14.3 Å². The molecule has 4 heteroatoms. The largest absolute Gasteiger partial charge is 0.465 e. The number of rotatable bonds is 8. The minimum Gasteiger partial charge on any atom is -0.465 e. The Hall–Kier alpha value is -1.32. The Balaban J connectivity index is 2.32. The summed E-state index contributed by atoms with van der Waals surface area (Å²) in [5.41, 5.74) is 0. The van der Waals surface area contributed by atoms with Gasteiger partial charge in [0.25, 0.3) is 0 Å². The van der Waals surface area contributed by atoms with Gasteiger partial charge in [-0.15, -0.1) is 0 Å². The summed E-state index contributed by atoms with van der Waals surface area (Å²) < 4.78 is 5.44. The number of likely N-dealkylation sites (tertiary alicyclic amines) is 1. The molecule has 1 rings (SSSR count). The molecule has 0 N–H and O–H groups in total. The van der Waals surface area contributed by atoms with Gasteiger partial charge in [-0.25, -0.2) is 0 Å². The zero-order chi connectivity index (χ0) is 15.0. The van der Waals surface area contributed by atoms with Crippen molar-refractivity contribution in [2.45, 2.75) is 46.0 Å². The summed E-state index contributed by atoms with van der Waals surface area (Å²) >= 11 is 0. The molecule has 20 heavy (non-hydrogen) atoms. The van der Waals surface area contributed by atoms with Gasteiger partial charge in [0.2, 0.25) is 5.91 Å². The minimum atomic E-state index is -0.164. The maximum absolute atomic E-state index is 12.0. The Morgan fingerprint density at radius 3 is 2.80 bits per heavy atom. The SMILES string of the molecule is C=CC(=O)N1CCC(C(=O)OCC(CC)CCCC)C1. The number of hydrogen-bond donors (Lipinski definition) is 0. The van der Waals surface area contributed by atoms with E-state index in [0.29, 0.717) is 32.0 Å². The molecule has 2 unspecified atom stereocenters. The topological polar surface area (TPSA) is 46.6 Å². The number of esters is 1. The fraction of sp³-hybridized carbons (Fsp3) is 0.750. The molecule has 0 aliphatic carbocycles. The molecule has 0 aromatic rings. The molecule has 0 saturated carbocycles. The van der Waals surface area contributed by atoms with Gasteiger partial charge >= 0.3 is 5.97 Å².